The van der Waals surface area contributed by atoms with Crippen LogP contribution in [0.25, 0.3) is 0 Å². The lowest BCUT2D eigenvalue weighted by Crippen LogP contribution is -2.25. The van der Waals surface area contributed by atoms with E-state index in [1.165, 1.54) is 11.8 Å². The van der Waals surface area contributed by atoms with Gasteiger partial charge in [0, 0.05) is 5.03 Å². The molecule has 10 heavy (non-hydrogen) atoms. The van der Waals surface area contributed by atoms with Gasteiger partial charge >= 0.3 is 0 Å². The molecule has 0 unspecified atom stereocenters. The predicted molar refractivity (Wildman–Crippen MR) is 46.4 cm³/mol. The van der Waals surface area contributed by atoms with Gasteiger partial charge in [-0.25, -0.2) is 0 Å². The molecule has 0 aliphatic carbocycles. The highest BCUT2D eigenvalue weighted by molar-refractivity contribution is 7.99. The molecule has 1 N–H and O–H groups in total. The zero-order chi connectivity index (χ0) is 7.98. The SMILES string of the molecule is C=C(Cl)CNC(=O)CSC. The van der Waals surface area contributed by atoms with Gasteiger partial charge < -0.3 is 5.32 Å². The van der Waals surface area contributed by atoms with Crippen LogP contribution in [0.2, 0.25) is 0 Å². The first-order valence-electron chi connectivity index (χ1n) is 2.75. The number of carbonyl (C=O) groups is 1. The first-order chi connectivity index (χ1) is 4.66. The Morgan fingerprint density at radius 2 is 2.40 bits per heavy atom. The van der Waals surface area contributed by atoms with Gasteiger partial charge in [0.25, 0.3) is 0 Å². The Bertz CT molecular complexity index is 138. The summed E-state index contributed by atoms with van der Waals surface area (Å²) in [4.78, 5) is 10.7. The average Bonchev–Trinajstić information content (AvgIpc) is 1.85. The molecule has 0 saturated heterocycles. The van der Waals surface area contributed by atoms with Crippen LogP contribution >= 0.6 is 23.4 Å². The predicted octanol–water partition coefficient (Wildman–Crippen LogP) is 1.22. The maximum Gasteiger partial charge on any atom is 0.230 e. The summed E-state index contributed by atoms with van der Waals surface area (Å²) in [6.45, 7) is 3.79. The van der Waals surface area contributed by atoms with Gasteiger partial charge in [-0.15, -0.1) is 0 Å². The van der Waals surface area contributed by atoms with Crippen LogP contribution in [0.5, 0.6) is 0 Å². The molecule has 4 heteroatoms. The van der Waals surface area contributed by atoms with E-state index in [1.54, 1.807) is 0 Å². The van der Waals surface area contributed by atoms with E-state index in [9.17, 15) is 4.79 Å². The van der Waals surface area contributed by atoms with Crippen molar-refractivity contribution in [3.8, 4) is 0 Å². The van der Waals surface area contributed by atoms with Gasteiger partial charge in [-0.2, -0.15) is 11.8 Å². The van der Waals surface area contributed by atoms with Gasteiger partial charge in [0.2, 0.25) is 5.91 Å². The normalized spacial score (nSPS) is 9.00. The van der Waals surface area contributed by atoms with Crippen molar-refractivity contribution >= 4 is 29.3 Å². The number of thioether (sulfide) groups is 1. The molecular weight excluding hydrogens is 170 g/mol. The first kappa shape index (κ1) is 9.85. The molecule has 0 spiro atoms. The van der Waals surface area contributed by atoms with Crippen LogP contribution in [0.1, 0.15) is 0 Å². The van der Waals surface area contributed by atoms with Crippen molar-refractivity contribution in [3.63, 3.8) is 0 Å². The lowest BCUT2D eigenvalue weighted by atomic mass is 10.6. The second-order valence-electron chi connectivity index (χ2n) is 1.73. The van der Waals surface area contributed by atoms with Crippen LogP contribution in [0.4, 0.5) is 0 Å². The molecule has 0 rings (SSSR count). The van der Waals surface area contributed by atoms with Crippen molar-refractivity contribution in [2.75, 3.05) is 18.6 Å². The maximum absolute atomic E-state index is 10.7. The highest BCUT2D eigenvalue weighted by Gasteiger charge is 1.97. The minimum absolute atomic E-state index is 0.00528. The number of halogens is 1. The number of nitrogens with one attached hydrogen (secondary N) is 1. The van der Waals surface area contributed by atoms with Gasteiger partial charge in [-0.3, -0.25) is 4.79 Å². The van der Waals surface area contributed by atoms with E-state index in [4.69, 9.17) is 11.6 Å². The van der Waals surface area contributed by atoms with E-state index in [-0.39, 0.29) is 5.91 Å². The summed E-state index contributed by atoms with van der Waals surface area (Å²) >= 11 is 6.88. The third-order valence-electron chi connectivity index (χ3n) is 0.753. The van der Waals surface area contributed by atoms with Crippen LogP contribution < -0.4 is 5.32 Å². The Morgan fingerprint density at radius 3 is 2.80 bits per heavy atom. The minimum Gasteiger partial charge on any atom is -0.350 e. The summed E-state index contributed by atoms with van der Waals surface area (Å²) in [5.74, 6) is 0.471. The summed E-state index contributed by atoms with van der Waals surface area (Å²) in [5.41, 5.74) is 0. The van der Waals surface area contributed by atoms with E-state index in [0.29, 0.717) is 17.3 Å². The number of amides is 1. The van der Waals surface area contributed by atoms with Crippen molar-refractivity contribution < 1.29 is 4.79 Å². The topological polar surface area (TPSA) is 29.1 Å². The molecule has 0 aromatic heterocycles. The molecule has 0 aromatic rings. The standard InChI is InChI=1S/C6H10ClNOS/c1-5(7)3-8-6(9)4-10-2/h1,3-4H2,2H3,(H,8,9). The minimum atomic E-state index is -0.00528. The molecule has 0 aromatic carbocycles. The molecule has 2 nitrogen and oxygen atoms in total. The highest BCUT2D eigenvalue weighted by Crippen LogP contribution is 1.94. The van der Waals surface area contributed by atoms with E-state index in [0.717, 1.165) is 0 Å². The van der Waals surface area contributed by atoms with Crippen molar-refractivity contribution in [2.24, 2.45) is 0 Å². The van der Waals surface area contributed by atoms with Gasteiger partial charge in [-0.1, -0.05) is 18.2 Å². The second-order valence-corrected chi connectivity index (χ2v) is 3.13. The number of carbonyl (C=O) groups excluding carboxylic acids is 1. The first-order valence-corrected chi connectivity index (χ1v) is 4.53. The molecule has 0 bridgehead atoms. The highest BCUT2D eigenvalue weighted by atomic mass is 35.5. The van der Waals surface area contributed by atoms with Gasteiger partial charge in [-0.05, 0) is 6.26 Å². The summed E-state index contributed by atoms with van der Waals surface area (Å²) in [6, 6.07) is 0. The van der Waals surface area contributed by atoms with Crippen LogP contribution in [0, 0.1) is 0 Å². The molecule has 1 amide bonds. The van der Waals surface area contributed by atoms with Crippen LogP contribution in [-0.4, -0.2) is 24.5 Å². The summed E-state index contributed by atoms with van der Waals surface area (Å²) in [7, 11) is 0. The van der Waals surface area contributed by atoms with Crippen molar-refractivity contribution in [1.29, 1.82) is 0 Å². The van der Waals surface area contributed by atoms with Crippen LogP contribution in [0.3, 0.4) is 0 Å². The van der Waals surface area contributed by atoms with Crippen LogP contribution in [-0.2, 0) is 4.79 Å². The second kappa shape index (κ2) is 5.62. The molecule has 0 saturated carbocycles. The quantitative estimate of drug-likeness (QED) is 0.703. The van der Waals surface area contributed by atoms with Crippen molar-refractivity contribution in [3.05, 3.63) is 11.6 Å². The van der Waals surface area contributed by atoms with Crippen molar-refractivity contribution in [2.45, 2.75) is 0 Å². The number of hydrogen-bond acceptors (Lipinski definition) is 2. The van der Waals surface area contributed by atoms with Gasteiger partial charge in [0.15, 0.2) is 0 Å². The lowest BCUT2D eigenvalue weighted by molar-refractivity contribution is -0.118. The molecular formula is C6H10ClNOS. The van der Waals surface area contributed by atoms with E-state index in [2.05, 4.69) is 11.9 Å². The largest absolute Gasteiger partial charge is 0.350 e. The number of hydrogen-bond donors (Lipinski definition) is 1. The summed E-state index contributed by atoms with van der Waals surface area (Å²) in [6.07, 6.45) is 1.87. The fourth-order valence-electron chi connectivity index (χ4n) is 0.377. The molecule has 0 atom stereocenters. The molecule has 0 radical (unpaired) electrons. The Labute approximate surface area is 70.0 Å². The Hall–Kier alpha value is -0.150. The van der Waals surface area contributed by atoms with Crippen LogP contribution in [0.15, 0.2) is 11.6 Å². The molecule has 58 valence electrons. The third kappa shape index (κ3) is 5.98. The zero-order valence-electron chi connectivity index (χ0n) is 5.82. The van der Waals surface area contributed by atoms with Gasteiger partial charge in [0.1, 0.15) is 0 Å². The summed E-state index contributed by atoms with van der Waals surface area (Å²) in [5, 5.41) is 3.04. The van der Waals surface area contributed by atoms with E-state index < -0.39 is 0 Å². The van der Waals surface area contributed by atoms with E-state index >= 15 is 0 Å². The Kier molecular flexibility index (Phi) is 5.54. The Morgan fingerprint density at radius 1 is 1.80 bits per heavy atom. The summed E-state index contributed by atoms with van der Waals surface area (Å²) < 4.78 is 0. The third-order valence-corrected chi connectivity index (χ3v) is 1.44. The fourth-order valence-corrected chi connectivity index (χ4v) is 0.808. The molecule has 0 aliphatic heterocycles. The monoisotopic (exact) mass is 179 g/mol. The number of rotatable bonds is 4. The molecule has 0 heterocycles. The lowest BCUT2D eigenvalue weighted by Gasteiger charge is -2.00. The van der Waals surface area contributed by atoms with E-state index in [1.807, 2.05) is 6.26 Å². The van der Waals surface area contributed by atoms with Crippen molar-refractivity contribution in [1.82, 2.24) is 5.32 Å². The molecule has 0 fully saturated rings. The maximum atomic E-state index is 10.7. The smallest absolute Gasteiger partial charge is 0.230 e. The Balaban J connectivity index is 3.30. The average molecular weight is 180 g/mol. The fraction of sp³-hybridized carbons (Fsp3) is 0.500. The molecule has 0 aliphatic rings. The zero-order valence-corrected chi connectivity index (χ0v) is 7.39. The van der Waals surface area contributed by atoms with Gasteiger partial charge in [0.05, 0.1) is 12.3 Å².